The number of para-hydroxylation sites is 1. The summed E-state index contributed by atoms with van der Waals surface area (Å²) in [6.45, 7) is 2.23. The molecule has 0 fully saturated rings. The number of hydrogen-bond acceptors (Lipinski definition) is 6. The first-order valence-corrected chi connectivity index (χ1v) is 9.93. The van der Waals surface area contributed by atoms with E-state index in [0.29, 0.717) is 12.2 Å². The van der Waals surface area contributed by atoms with E-state index in [1.807, 2.05) is 41.8 Å². The number of esters is 1. The topological polar surface area (TPSA) is 72.4 Å². The van der Waals surface area contributed by atoms with Crippen LogP contribution in [0, 0.1) is 0 Å². The number of hydrogen-bond donors (Lipinski definition) is 0. The standard InChI is InChI=1S/C21H19N3O3S/c1-14(21(26)24-10-8-15-5-2-3-7-18(15)24)27-19(25)11-17-13-28-20(23-17)16-6-4-9-22-12-16/h2-7,9,12-14H,8,10-11H2,1H3/t14-/m0/s1. The summed E-state index contributed by atoms with van der Waals surface area (Å²) in [4.78, 5) is 35.2. The van der Waals surface area contributed by atoms with Gasteiger partial charge in [0.15, 0.2) is 6.10 Å². The summed E-state index contributed by atoms with van der Waals surface area (Å²) >= 11 is 1.45. The number of carbonyl (C=O) groups excluding carboxylic acids is 2. The predicted octanol–water partition coefficient (Wildman–Crippen LogP) is 3.27. The quantitative estimate of drug-likeness (QED) is 0.622. The molecule has 0 spiro atoms. The van der Waals surface area contributed by atoms with Crippen LogP contribution >= 0.6 is 11.3 Å². The highest BCUT2D eigenvalue weighted by molar-refractivity contribution is 7.13. The third-order valence-electron chi connectivity index (χ3n) is 4.59. The summed E-state index contributed by atoms with van der Waals surface area (Å²) in [5.74, 6) is -0.663. The minimum atomic E-state index is -0.838. The van der Waals surface area contributed by atoms with Crippen LogP contribution in [0.5, 0.6) is 0 Å². The van der Waals surface area contributed by atoms with Gasteiger partial charge in [-0.25, -0.2) is 4.98 Å². The van der Waals surface area contributed by atoms with E-state index >= 15 is 0 Å². The number of pyridine rings is 1. The number of nitrogens with zero attached hydrogens (tertiary/aromatic N) is 3. The molecule has 7 heteroatoms. The first-order chi connectivity index (χ1) is 13.6. The van der Waals surface area contributed by atoms with Crippen LogP contribution in [0.25, 0.3) is 10.6 Å². The number of fused-ring (bicyclic) bond motifs is 1. The summed E-state index contributed by atoms with van der Waals surface area (Å²) in [6.07, 6.45) is 3.45. The first kappa shape index (κ1) is 18.3. The highest BCUT2D eigenvalue weighted by Crippen LogP contribution is 2.28. The Morgan fingerprint density at radius 1 is 1.25 bits per heavy atom. The normalized spacial score (nSPS) is 13.8. The zero-order chi connectivity index (χ0) is 19.5. The molecule has 1 aromatic carbocycles. The van der Waals surface area contributed by atoms with E-state index in [1.54, 1.807) is 24.2 Å². The summed E-state index contributed by atoms with van der Waals surface area (Å²) in [5.41, 5.74) is 3.57. The zero-order valence-electron chi connectivity index (χ0n) is 15.4. The molecule has 1 aliphatic heterocycles. The van der Waals surface area contributed by atoms with Gasteiger partial charge < -0.3 is 9.64 Å². The van der Waals surface area contributed by atoms with E-state index in [-0.39, 0.29) is 12.3 Å². The van der Waals surface area contributed by atoms with Gasteiger partial charge >= 0.3 is 5.97 Å². The molecular weight excluding hydrogens is 374 g/mol. The Morgan fingerprint density at radius 2 is 2.11 bits per heavy atom. The van der Waals surface area contributed by atoms with Crippen molar-refractivity contribution in [2.75, 3.05) is 11.4 Å². The summed E-state index contributed by atoms with van der Waals surface area (Å²) in [5, 5.41) is 2.63. The van der Waals surface area contributed by atoms with Gasteiger partial charge in [0.05, 0.1) is 12.1 Å². The summed E-state index contributed by atoms with van der Waals surface area (Å²) < 4.78 is 5.38. The molecule has 6 nitrogen and oxygen atoms in total. The average Bonchev–Trinajstić information content (AvgIpc) is 3.35. The number of benzene rings is 1. The number of thiazole rings is 1. The van der Waals surface area contributed by atoms with Crippen LogP contribution < -0.4 is 4.90 Å². The van der Waals surface area contributed by atoms with Crippen LogP contribution in [0.1, 0.15) is 18.2 Å². The molecule has 0 bridgehead atoms. The Labute approximate surface area is 166 Å². The Hall–Kier alpha value is -3.06. The number of aromatic nitrogens is 2. The zero-order valence-corrected chi connectivity index (χ0v) is 16.2. The maximum absolute atomic E-state index is 12.7. The van der Waals surface area contributed by atoms with Gasteiger partial charge in [0, 0.05) is 35.6 Å². The predicted molar refractivity (Wildman–Crippen MR) is 107 cm³/mol. The van der Waals surface area contributed by atoms with Crippen molar-refractivity contribution in [1.29, 1.82) is 0 Å². The molecule has 28 heavy (non-hydrogen) atoms. The second-order valence-corrected chi connectivity index (χ2v) is 7.42. The van der Waals surface area contributed by atoms with E-state index in [2.05, 4.69) is 9.97 Å². The Kier molecular flexibility index (Phi) is 5.16. The van der Waals surface area contributed by atoms with Crippen LogP contribution in [-0.2, 0) is 27.2 Å². The molecule has 1 aliphatic rings. The average molecular weight is 393 g/mol. The number of ether oxygens (including phenoxy) is 1. The second-order valence-electron chi connectivity index (χ2n) is 6.56. The third kappa shape index (κ3) is 3.80. The minimum Gasteiger partial charge on any atom is -0.452 e. The Morgan fingerprint density at radius 3 is 2.93 bits per heavy atom. The van der Waals surface area contributed by atoms with E-state index < -0.39 is 12.1 Å². The molecule has 0 radical (unpaired) electrons. The lowest BCUT2D eigenvalue weighted by Crippen LogP contribution is -2.39. The summed E-state index contributed by atoms with van der Waals surface area (Å²) in [7, 11) is 0. The Bertz CT molecular complexity index is 1000. The second kappa shape index (κ2) is 7.90. The van der Waals surface area contributed by atoms with Gasteiger partial charge in [0.1, 0.15) is 5.01 Å². The highest BCUT2D eigenvalue weighted by Gasteiger charge is 2.29. The van der Waals surface area contributed by atoms with Gasteiger partial charge in [0.2, 0.25) is 0 Å². The molecule has 3 aromatic rings. The number of rotatable bonds is 5. The van der Waals surface area contributed by atoms with Crippen molar-refractivity contribution in [3.63, 3.8) is 0 Å². The molecule has 0 N–H and O–H groups in total. The van der Waals surface area contributed by atoms with Gasteiger partial charge in [0.25, 0.3) is 5.91 Å². The van der Waals surface area contributed by atoms with Crippen LogP contribution in [0.15, 0.2) is 54.2 Å². The SMILES string of the molecule is C[C@H](OC(=O)Cc1csc(-c2cccnc2)n1)C(=O)N1CCc2ccccc21. The van der Waals surface area contributed by atoms with E-state index in [9.17, 15) is 9.59 Å². The molecule has 0 saturated heterocycles. The maximum atomic E-state index is 12.7. The molecule has 142 valence electrons. The smallest absolute Gasteiger partial charge is 0.312 e. The molecule has 4 rings (SSSR count). The van der Waals surface area contributed by atoms with E-state index in [4.69, 9.17) is 4.74 Å². The van der Waals surface area contributed by atoms with Crippen molar-refractivity contribution in [3.05, 3.63) is 65.4 Å². The van der Waals surface area contributed by atoms with Crippen molar-refractivity contribution in [2.24, 2.45) is 0 Å². The lowest BCUT2D eigenvalue weighted by molar-refractivity contribution is -0.153. The highest BCUT2D eigenvalue weighted by atomic mass is 32.1. The lowest BCUT2D eigenvalue weighted by Gasteiger charge is -2.21. The fourth-order valence-electron chi connectivity index (χ4n) is 3.23. The van der Waals surface area contributed by atoms with Crippen molar-refractivity contribution >= 4 is 28.9 Å². The maximum Gasteiger partial charge on any atom is 0.312 e. The van der Waals surface area contributed by atoms with Crippen LogP contribution in [0.4, 0.5) is 5.69 Å². The first-order valence-electron chi connectivity index (χ1n) is 9.05. The molecule has 0 unspecified atom stereocenters. The fourth-order valence-corrected chi connectivity index (χ4v) is 4.04. The number of carbonyl (C=O) groups is 2. The third-order valence-corrected chi connectivity index (χ3v) is 5.54. The summed E-state index contributed by atoms with van der Waals surface area (Å²) in [6, 6.07) is 11.6. The van der Waals surface area contributed by atoms with Crippen LogP contribution in [-0.4, -0.2) is 34.5 Å². The largest absolute Gasteiger partial charge is 0.452 e. The molecule has 3 heterocycles. The monoisotopic (exact) mass is 393 g/mol. The van der Waals surface area contributed by atoms with Crippen molar-refractivity contribution in [1.82, 2.24) is 9.97 Å². The number of anilines is 1. The molecule has 0 saturated carbocycles. The fraction of sp³-hybridized carbons (Fsp3) is 0.238. The molecule has 1 amide bonds. The van der Waals surface area contributed by atoms with Gasteiger partial charge in [-0.15, -0.1) is 11.3 Å². The van der Waals surface area contributed by atoms with Crippen molar-refractivity contribution in [3.8, 4) is 10.6 Å². The molecule has 1 atom stereocenters. The van der Waals surface area contributed by atoms with E-state index in [1.165, 1.54) is 11.3 Å². The molecule has 2 aromatic heterocycles. The van der Waals surface area contributed by atoms with Gasteiger partial charge in [-0.2, -0.15) is 0 Å². The van der Waals surface area contributed by atoms with Gasteiger partial charge in [-0.3, -0.25) is 14.6 Å². The van der Waals surface area contributed by atoms with Gasteiger partial charge in [-0.1, -0.05) is 18.2 Å². The molecular formula is C21H19N3O3S. The van der Waals surface area contributed by atoms with Crippen molar-refractivity contribution < 1.29 is 14.3 Å². The van der Waals surface area contributed by atoms with Gasteiger partial charge in [-0.05, 0) is 37.1 Å². The van der Waals surface area contributed by atoms with Crippen LogP contribution in [0.2, 0.25) is 0 Å². The van der Waals surface area contributed by atoms with Crippen LogP contribution in [0.3, 0.4) is 0 Å². The van der Waals surface area contributed by atoms with Crippen molar-refractivity contribution in [2.45, 2.75) is 25.9 Å². The number of amides is 1. The Balaban J connectivity index is 1.36. The van der Waals surface area contributed by atoms with E-state index in [0.717, 1.165) is 28.2 Å². The molecule has 0 aliphatic carbocycles. The lowest BCUT2D eigenvalue weighted by atomic mass is 10.2. The minimum absolute atomic E-state index is 0.0327.